The monoisotopic (exact) mass is 1650 g/mol. The van der Waals surface area contributed by atoms with Gasteiger partial charge in [-0.15, -0.1) is 0 Å². The maximum atomic E-state index is 10.9. The molecule has 20 aliphatic rings. The molecular weight excluding hydrogens is 1570 g/mol. The largest absolute Gasteiger partial charge is 0.508 e. The minimum absolute atomic E-state index is 0.104. The first kappa shape index (κ1) is 84.9. The quantitative estimate of drug-likeness (QED) is 0.0107. The van der Waals surface area contributed by atoms with Gasteiger partial charge in [-0.05, 0) is 196 Å². The van der Waals surface area contributed by atoms with Crippen LogP contribution in [0.3, 0.4) is 0 Å². The van der Waals surface area contributed by atoms with Gasteiger partial charge in [-0.3, -0.25) is 0 Å². The molecule has 4 fully saturated rings. The van der Waals surface area contributed by atoms with Crippen molar-refractivity contribution in [1.82, 2.24) is 0 Å². The van der Waals surface area contributed by atoms with Crippen molar-refractivity contribution in [3.8, 4) is 85.9 Å². The molecule has 30 rings (SSSR count). The van der Waals surface area contributed by atoms with E-state index in [1.54, 1.807) is 0 Å². The number of phenolic OH excluding ortho intramolecular Hbond substituents is 12. The van der Waals surface area contributed by atoms with Crippen LogP contribution in [0.1, 0.15) is 137 Å². The predicted molar refractivity (Wildman–Crippen MR) is 407 cm³/mol. The summed E-state index contributed by atoms with van der Waals surface area (Å²) in [4.78, 5) is 0. The summed E-state index contributed by atoms with van der Waals surface area (Å²) in [6.45, 7) is 3.69. The first-order chi connectivity index (χ1) is 53.7. The molecule has 0 unspecified atom stereocenters. The Morgan fingerprint density at radius 1 is 0.313 bits per heavy atom. The van der Waals surface area contributed by atoms with E-state index in [4.69, 9.17) is 9.47 Å². The van der Waals surface area contributed by atoms with E-state index in [9.17, 15) is 112 Å². The predicted octanol–water partition coefficient (Wildman–Crippen LogP) is 22.1. The van der Waals surface area contributed by atoms with Crippen LogP contribution in [-0.4, -0.2) is 80.1 Å². The van der Waals surface area contributed by atoms with Crippen molar-refractivity contribution >= 4 is 27.0 Å². The molecule has 12 N–H and O–H groups in total. The number of unbranched alkanes of at least 4 members (excludes halogenated alkanes) is 3. The number of benzene rings is 8. The summed E-state index contributed by atoms with van der Waals surface area (Å²) >= 11 is 0. The van der Waals surface area contributed by atoms with Crippen molar-refractivity contribution in [2.45, 2.75) is 128 Å². The molecule has 18 nitrogen and oxygen atoms in total. The van der Waals surface area contributed by atoms with Crippen LogP contribution < -0.4 is 13.9 Å². The van der Waals surface area contributed by atoms with E-state index < -0.39 is 15.6 Å². The zero-order valence-electron chi connectivity index (χ0n) is 61.7. The molecular formula is C83H86F12N4O14P2. The Kier molecular flexibility index (Phi) is 24.2. The Hall–Kier alpha value is -11.0. The molecule has 0 aliphatic heterocycles. The summed E-state index contributed by atoms with van der Waals surface area (Å²) in [5, 5.41) is 139. The molecule has 0 amide bonds. The molecule has 115 heavy (non-hydrogen) atoms. The van der Waals surface area contributed by atoms with E-state index >= 15 is 0 Å². The number of ether oxygens (including phenoxy) is 2. The van der Waals surface area contributed by atoms with Crippen LogP contribution in [0, 0.1) is 17.8 Å². The third-order valence-corrected chi connectivity index (χ3v) is 20.5. The number of nitrogens with zero attached hydrogens (tertiary/aromatic N) is 4. The zero-order valence-corrected chi connectivity index (χ0v) is 63.5. The summed E-state index contributed by atoms with van der Waals surface area (Å²) in [5.41, 5.74) is 6.96. The van der Waals surface area contributed by atoms with Gasteiger partial charge in [0.05, 0.1) is 30.2 Å². The Morgan fingerprint density at radius 2 is 0.565 bits per heavy atom. The van der Waals surface area contributed by atoms with Gasteiger partial charge in [0.2, 0.25) is 0 Å². The van der Waals surface area contributed by atoms with Crippen molar-refractivity contribution in [2.24, 2.45) is 28.0 Å². The van der Waals surface area contributed by atoms with Crippen molar-refractivity contribution in [2.75, 3.05) is 13.2 Å². The second-order valence-corrected chi connectivity index (χ2v) is 33.7. The minimum Gasteiger partial charge on any atom is -0.508 e. The minimum atomic E-state index is -10.7. The molecule has 32 heteroatoms. The molecule has 0 radical (unpaired) electrons. The molecule has 0 spiro atoms. The topological polar surface area (TPSA) is 294 Å². The summed E-state index contributed by atoms with van der Waals surface area (Å²) < 4.78 is 136. The van der Waals surface area contributed by atoms with Gasteiger partial charge >= 0.3 is 66.0 Å². The van der Waals surface area contributed by atoms with E-state index in [2.05, 4.69) is 68.4 Å². The third kappa shape index (κ3) is 26.0. The zero-order chi connectivity index (χ0) is 83.1. The molecule has 2 aromatic heterocycles. The molecule has 10 aromatic rings. The molecule has 4 saturated carbocycles. The maximum Gasteiger partial charge on any atom is 0.169 e. The Bertz CT molecular complexity index is 4500. The number of azo groups is 1. The molecule has 16 bridgehead atoms. The average molecular weight is 1650 g/mol. The van der Waals surface area contributed by atoms with Crippen LogP contribution in [0.5, 0.6) is 74.7 Å². The summed E-state index contributed by atoms with van der Waals surface area (Å²) in [6, 6.07) is 42.0. The number of phenols is 12. The second kappa shape index (κ2) is 32.7. The summed E-state index contributed by atoms with van der Waals surface area (Å²) in [6.07, 6.45) is 22.3. The summed E-state index contributed by atoms with van der Waals surface area (Å²) in [7, 11) is -21.3. The van der Waals surface area contributed by atoms with Crippen LogP contribution in [0.25, 0.3) is 11.1 Å². The van der Waals surface area contributed by atoms with Crippen LogP contribution in [0.2, 0.25) is 0 Å². The second-order valence-electron chi connectivity index (χ2n) is 29.9. The normalized spacial score (nSPS) is 18.3. The molecule has 20 aliphatic carbocycles. The van der Waals surface area contributed by atoms with Gasteiger partial charge in [-0.25, -0.2) is 9.13 Å². The van der Waals surface area contributed by atoms with E-state index in [0.29, 0.717) is 0 Å². The fraction of sp³-hybridized carbons (Fsp3) is 0.301. The SMILES string of the molecule is F[P-](F)(F)(F)(F)F.F[P-](F)(F)(F)(F)F.Oc1cc2c(O)cc1Cc1cc(O)c(cc1O)Cc1cc(O)c(cc1O)Cc1cc(O)c(cc1O)Cc1cc(O)c(cc1O)Cc1cc(O)c(cc1O)C2.c1ccc(N=Nc2ccc(OCCCCCC[n+]3ccc(-c4cc[n+](CCCOC56CC7CC(CC(C7)C5)C6)cc4)cc3)cc2)cc1. The van der Waals surface area contributed by atoms with Crippen LogP contribution >= 0.6 is 15.6 Å². The Balaban J connectivity index is 0.000000195. The van der Waals surface area contributed by atoms with Gasteiger partial charge in [0.1, 0.15) is 81.3 Å². The standard InChI is InChI=1S/C42H36O12.C41H50N4O2.2F6P/c43-31-9-21-2-23-11-37(49)25(13-35(23)47)4-27-15-41(53)29(17-39(27)51)6-30-18-40(52)28(16-42(30)54)5-26-14-36(48)24(12-38(26)50)3-22-10-32(44)20(8-34(22)46)1-19(31)7-33(21)45;1(2-7-25-46-40-13-11-39(12-14-40)43-42-38-9-4-3-5-10-38)6-19-44-21-15-36(16-22-44)37-17-23-45(24-18-37)20-8-26-47-41-30-33-27-34(31-41)29-35(28-33)32-41;2*1-7(2,3,4,5)6/h7-18,43-54H,1-6H2;3-5,9-18,21-24,33-35H,1-2,6-8,19-20,25-32H2;;/q;+2;2*-1. The smallest absolute Gasteiger partial charge is 0.169 e. The number of hydrogen-bond donors (Lipinski definition) is 12. The molecule has 0 saturated heterocycles. The van der Waals surface area contributed by atoms with Crippen LogP contribution in [0.15, 0.2) is 187 Å². The van der Waals surface area contributed by atoms with Gasteiger partial charge < -0.3 is 70.8 Å². The summed E-state index contributed by atoms with van der Waals surface area (Å²) in [5.74, 6) is 0.782. The number of pyridine rings is 2. The van der Waals surface area contributed by atoms with Gasteiger partial charge in [0.15, 0.2) is 31.3 Å². The number of halogens is 12. The number of aryl methyl sites for hydroxylation is 2. The van der Waals surface area contributed by atoms with Crippen molar-refractivity contribution in [3.63, 3.8) is 0 Å². The van der Waals surface area contributed by atoms with E-state index in [-0.39, 0.29) is 180 Å². The van der Waals surface area contributed by atoms with Crippen molar-refractivity contribution < 1.29 is 130 Å². The van der Waals surface area contributed by atoms with E-state index in [1.807, 2.05) is 54.6 Å². The number of aromatic hydroxyl groups is 12. The van der Waals surface area contributed by atoms with E-state index in [0.717, 1.165) is 74.0 Å². The van der Waals surface area contributed by atoms with Crippen LogP contribution in [-0.2, 0) is 56.4 Å². The van der Waals surface area contributed by atoms with Crippen molar-refractivity contribution in [1.29, 1.82) is 0 Å². The van der Waals surface area contributed by atoms with Crippen LogP contribution in [0.4, 0.5) is 61.7 Å². The first-order valence-corrected chi connectivity index (χ1v) is 40.9. The number of aromatic nitrogens is 2. The molecule has 8 aromatic carbocycles. The maximum absolute atomic E-state index is 10.9. The van der Waals surface area contributed by atoms with E-state index in [1.165, 1.54) is 142 Å². The molecule has 2 heterocycles. The van der Waals surface area contributed by atoms with Gasteiger partial charge in [0, 0.05) is 142 Å². The molecule has 0 atom stereocenters. The fourth-order valence-corrected chi connectivity index (χ4v) is 15.4. The van der Waals surface area contributed by atoms with Gasteiger partial charge in [-0.1, -0.05) is 18.2 Å². The van der Waals surface area contributed by atoms with Crippen molar-refractivity contribution in [3.05, 3.63) is 243 Å². The average Bonchev–Trinajstić information content (AvgIpc) is 0.752. The van der Waals surface area contributed by atoms with Gasteiger partial charge in [-0.2, -0.15) is 10.2 Å². The Morgan fingerprint density at radius 3 is 0.843 bits per heavy atom. The third-order valence-electron chi connectivity index (χ3n) is 20.5. The number of hydrogen-bond acceptors (Lipinski definition) is 16. The van der Waals surface area contributed by atoms with Gasteiger partial charge in [0.25, 0.3) is 0 Å². The molecule has 616 valence electrons. The number of rotatable bonds is 16. The Labute approximate surface area is 652 Å². The first-order valence-electron chi connectivity index (χ1n) is 36.9. The fourth-order valence-electron chi connectivity index (χ4n) is 15.4.